The van der Waals surface area contributed by atoms with Crippen molar-refractivity contribution in [2.24, 2.45) is 5.92 Å². The van der Waals surface area contributed by atoms with Crippen LogP contribution in [0.4, 0.5) is 4.79 Å². The normalized spacial score (nSPS) is 35.0. The van der Waals surface area contributed by atoms with Crippen molar-refractivity contribution in [3.8, 4) is 0 Å². The van der Waals surface area contributed by atoms with Crippen molar-refractivity contribution in [3.05, 3.63) is 0 Å². The Morgan fingerprint density at radius 2 is 2.04 bits per heavy atom. The first-order valence-corrected chi connectivity index (χ1v) is 10.1. The molecule has 8 heteroatoms. The van der Waals surface area contributed by atoms with E-state index in [0.717, 1.165) is 32.1 Å². The molecule has 0 aromatic carbocycles. The lowest BCUT2D eigenvalue weighted by Crippen LogP contribution is -2.55. The van der Waals surface area contributed by atoms with E-state index in [1.807, 2.05) is 0 Å². The van der Waals surface area contributed by atoms with Crippen LogP contribution < -0.4 is 5.32 Å². The Hall–Kier alpha value is -1.83. The predicted molar refractivity (Wildman–Crippen MR) is 97.8 cm³/mol. The minimum Gasteiger partial charge on any atom is -0.464 e. The zero-order chi connectivity index (χ0) is 19.6. The summed E-state index contributed by atoms with van der Waals surface area (Å²) >= 11 is 0. The lowest BCUT2D eigenvalue weighted by molar-refractivity contribution is -0.149. The van der Waals surface area contributed by atoms with Gasteiger partial charge >= 0.3 is 12.0 Å². The number of hydrogen-bond acceptors (Lipinski definition) is 5. The predicted octanol–water partition coefficient (Wildman–Crippen LogP) is 0.876. The fourth-order valence-corrected chi connectivity index (χ4v) is 4.38. The number of urea groups is 1. The zero-order valence-electron chi connectivity index (χ0n) is 16.3. The molecule has 1 aliphatic carbocycles. The van der Waals surface area contributed by atoms with Crippen LogP contribution in [0.3, 0.4) is 0 Å². The van der Waals surface area contributed by atoms with Gasteiger partial charge in [0.05, 0.1) is 12.7 Å². The Balaban J connectivity index is 1.81. The maximum absolute atomic E-state index is 13.0. The summed E-state index contributed by atoms with van der Waals surface area (Å²) in [4.78, 5) is 41.3. The summed E-state index contributed by atoms with van der Waals surface area (Å²) in [6.45, 7) is 2.79. The molecule has 2 N–H and O–H groups in total. The second-order valence-electron chi connectivity index (χ2n) is 8.05. The van der Waals surface area contributed by atoms with Gasteiger partial charge in [0, 0.05) is 26.6 Å². The van der Waals surface area contributed by atoms with Gasteiger partial charge in [0.2, 0.25) is 5.91 Å². The molecule has 0 bridgehead atoms. The minimum atomic E-state index is -0.967. The molecule has 3 aliphatic rings. The van der Waals surface area contributed by atoms with Gasteiger partial charge in [-0.15, -0.1) is 0 Å². The molecular formula is C19H31N3O5. The summed E-state index contributed by atoms with van der Waals surface area (Å²) < 4.78 is 5.22. The highest BCUT2D eigenvalue weighted by atomic mass is 16.5. The number of rotatable bonds is 2. The lowest BCUT2D eigenvalue weighted by Gasteiger charge is -2.30. The maximum Gasteiger partial charge on any atom is 0.332 e. The summed E-state index contributed by atoms with van der Waals surface area (Å²) in [5.74, 6) is -0.675. The van der Waals surface area contributed by atoms with Crippen LogP contribution in [0.25, 0.3) is 0 Å². The molecule has 0 spiro atoms. The molecule has 3 fully saturated rings. The van der Waals surface area contributed by atoms with Gasteiger partial charge in [0.1, 0.15) is 11.6 Å². The highest BCUT2D eigenvalue weighted by Crippen LogP contribution is 2.48. The zero-order valence-corrected chi connectivity index (χ0v) is 16.3. The SMILES string of the molecule is CCOC(=O)[C@@]12C[C@H]1CCCCCCN(C)C(=O)N1C[C@H](O)C[C@H]1C(=O)N2. The summed E-state index contributed by atoms with van der Waals surface area (Å²) in [6.07, 6.45) is 4.88. The van der Waals surface area contributed by atoms with Crippen molar-refractivity contribution in [3.63, 3.8) is 0 Å². The second kappa shape index (κ2) is 8.04. The van der Waals surface area contributed by atoms with Crippen LogP contribution in [0, 0.1) is 5.92 Å². The molecule has 4 atom stereocenters. The van der Waals surface area contributed by atoms with Gasteiger partial charge in [-0.05, 0) is 32.1 Å². The molecule has 3 rings (SSSR count). The molecule has 2 aliphatic heterocycles. The van der Waals surface area contributed by atoms with E-state index in [4.69, 9.17) is 4.74 Å². The monoisotopic (exact) mass is 381 g/mol. The van der Waals surface area contributed by atoms with Crippen LogP contribution in [-0.2, 0) is 14.3 Å². The van der Waals surface area contributed by atoms with Crippen LogP contribution in [0.2, 0.25) is 0 Å². The second-order valence-corrected chi connectivity index (χ2v) is 8.05. The Bertz CT molecular complexity index is 598. The number of ether oxygens (including phenoxy) is 1. The van der Waals surface area contributed by atoms with Gasteiger partial charge in [0.25, 0.3) is 0 Å². The van der Waals surface area contributed by atoms with Gasteiger partial charge in [-0.2, -0.15) is 0 Å². The van der Waals surface area contributed by atoms with E-state index in [1.165, 1.54) is 4.90 Å². The molecule has 0 unspecified atom stereocenters. The van der Waals surface area contributed by atoms with E-state index in [9.17, 15) is 19.5 Å². The van der Waals surface area contributed by atoms with Gasteiger partial charge in [0.15, 0.2) is 0 Å². The minimum absolute atomic E-state index is 0.0848. The van der Waals surface area contributed by atoms with Gasteiger partial charge in [-0.3, -0.25) is 4.79 Å². The molecule has 0 aromatic rings. The molecule has 152 valence electrons. The number of aliphatic hydroxyl groups excluding tert-OH is 1. The standard InChI is InChI=1S/C19H31N3O5/c1-3-27-17(25)19-11-13(19)8-6-4-5-7-9-21(2)18(26)22-12-14(23)10-15(22)16(24)20-19/h13-15,23H,3-12H2,1-2H3,(H,20,24)/t13-,14-,15+,19-/m1/s1. The molecule has 0 radical (unpaired) electrons. The number of fused-ring (bicyclic) bond motifs is 2. The van der Waals surface area contributed by atoms with Gasteiger partial charge < -0.3 is 25.0 Å². The highest BCUT2D eigenvalue weighted by molar-refractivity contribution is 5.95. The number of hydrogen-bond donors (Lipinski definition) is 2. The number of amides is 3. The van der Waals surface area contributed by atoms with Crippen molar-refractivity contribution < 1.29 is 24.2 Å². The molecule has 2 saturated heterocycles. The molecule has 2 heterocycles. The van der Waals surface area contributed by atoms with Crippen molar-refractivity contribution in [1.82, 2.24) is 15.1 Å². The third-order valence-corrected chi connectivity index (χ3v) is 6.04. The summed E-state index contributed by atoms with van der Waals surface area (Å²) in [5, 5.41) is 13.0. The highest BCUT2D eigenvalue weighted by Gasteiger charge is 2.62. The van der Waals surface area contributed by atoms with Crippen molar-refractivity contribution >= 4 is 17.9 Å². The van der Waals surface area contributed by atoms with Crippen molar-refractivity contribution in [2.75, 3.05) is 26.7 Å². The number of nitrogens with zero attached hydrogens (tertiary/aromatic N) is 2. The first-order chi connectivity index (χ1) is 12.9. The topological polar surface area (TPSA) is 99.2 Å². The molecule has 3 amide bonds. The quantitative estimate of drug-likeness (QED) is 0.692. The van der Waals surface area contributed by atoms with E-state index in [0.29, 0.717) is 13.0 Å². The van der Waals surface area contributed by atoms with Crippen molar-refractivity contribution in [2.45, 2.75) is 69.6 Å². The van der Waals surface area contributed by atoms with Crippen LogP contribution in [0.1, 0.15) is 51.9 Å². The van der Waals surface area contributed by atoms with E-state index in [1.54, 1.807) is 18.9 Å². The average molecular weight is 381 g/mol. The van der Waals surface area contributed by atoms with E-state index in [2.05, 4.69) is 5.32 Å². The van der Waals surface area contributed by atoms with Crippen molar-refractivity contribution in [1.29, 1.82) is 0 Å². The molecule has 8 nitrogen and oxygen atoms in total. The van der Waals surface area contributed by atoms with Gasteiger partial charge in [-0.25, -0.2) is 9.59 Å². The molecule has 27 heavy (non-hydrogen) atoms. The lowest BCUT2D eigenvalue weighted by atomic mass is 10.0. The van der Waals surface area contributed by atoms with E-state index < -0.39 is 17.7 Å². The van der Waals surface area contributed by atoms with E-state index in [-0.39, 0.29) is 43.4 Å². The van der Waals surface area contributed by atoms with Crippen LogP contribution in [0.15, 0.2) is 0 Å². The van der Waals surface area contributed by atoms with E-state index >= 15 is 0 Å². The van der Waals surface area contributed by atoms with Crippen LogP contribution >= 0.6 is 0 Å². The molecule has 1 saturated carbocycles. The van der Waals surface area contributed by atoms with Crippen LogP contribution in [0.5, 0.6) is 0 Å². The van der Waals surface area contributed by atoms with Crippen LogP contribution in [-0.4, -0.2) is 77.2 Å². The fraction of sp³-hybridized carbons (Fsp3) is 0.842. The number of aliphatic hydroxyl groups is 1. The third-order valence-electron chi connectivity index (χ3n) is 6.04. The number of esters is 1. The maximum atomic E-state index is 13.0. The Morgan fingerprint density at radius 3 is 2.78 bits per heavy atom. The van der Waals surface area contributed by atoms with Gasteiger partial charge in [-0.1, -0.05) is 19.3 Å². The summed E-state index contributed by atoms with van der Waals surface area (Å²) in [5.41, 5.74) is -0.967. The molecule has 0 aromatic heterocycles. The third kappa shape index (κ3) is 4.05. The first kappa shape index (κ1) is 19.9. The Labute approximate surface area is 160 Å². The summed E-state index contributed by atoms with van der Waals surface area (Å²) in [7, 11) is 1.73. The smallest absolute Gasteiger partial charge is 0.332 e. The number of nitrogens with one attached hydrogen (secondary N) is 1. The summed E-state index contributed by atoms with van der Waals surface area (Å²) in [6, 6.07) is -1.01. The average Bonchev–Trinajstić information content (AvgIpc) is 3.18. The fourth-order valence-electron chi connectivity index (χ4n) is 4.38. The Morgan fingerprint density at radius 1 is 1.30 bits per heavy atom. The first-order valence-electron chi connectivity index (χ1n) is 10.1. The molecular weight excluding hydrogens is 350 g/mol. The number of carbonyl (C=O) groups is 3. The Kier molecular flexibility index (Phi) is 5.93. The largest absolute Gasteiger partial charge is 0.464 e. The number of carbonyl (C=O) groups excluding carboxylic acids is 3.